The van der Waals surface area contributed by atoms with Gasteiger partial charge in [0.15, 0.2) is 11.4 Å². The average Bonchev–Trinajstić information content (AvgIpc) is 3.75. The number of methoxy groups -OCH3 is 1. The molecule has 41 heavy (non-hydrogen) atoms. The molecule has 3 saturated carbocycles. The normalized spacial score (nSPS) is 24.4. The molecule has 0 aliphatic heterocycles. The monoisotopic (exact) mass is 553 g/mol. The summed E-state index contributed by atoms with van der Waals surface area (Å²) in [4.78, 5) is 20.6. The molecule has 1 amide bonds. The van der Waals surface area contributed by atoms with Gasteiger partial charge in [0.2, 0.25) is 5.91 Å². The van der Waals surface area contributed by atoms with Crippen molar-refractivity contribution in [1.82, 2.24) is 14.8 Å². The Morgan fingerprint density at radius 1 is 1.05 bits per heavy atom. The molecule has 0 bridgehead atoms. The van der Waals surface area contributed by atoms with Crippen LogP contribution in [0.5, 0.6) is 5.75 Å². The molecule has 8 heteroatoms. The molecule has 2 aromatic heterocycles. The van der Waals surface area contributed by atoms with Crippen molar-refractivity contribution < 1.29 is 14.6 Å². The van der Waals surface area contributed by atoms with E-state index in [0.29, 0.717) is 48.7 Å². The van der Waals surface area contributed by atoms with Gasteiger partial charge < -0.3 is 14.7 Å². The van der Waals surface area contributed by atoms with E-state index in [2.05, 4.69) is 45.2 Å². The fourth-order valence-corrected chi connectivity index (χ4v) is 6.58. The molecular weight excluding hydrogens is 514 g/mol. The Hall–Kier alpha value is -3.70. The second-order valence-electron chi connectivity index (χ2n) is 12.1. The van der Waals surface area contributed by atoms with E-state index in [1.165, 1.54) is 12.8 Å². The van der Waals surface area contributed by atoms with Gasteiger partial charge in [0, 0.05) is 41.5 Å². The van der Waals surface area contributed by atoms with Crippen molar-refractivity contribution in [3.63, 3.8) is 0 Å². The Morgan fingerprint density at radius 3 is 2.54 bits per heavy atom. The molecule has 2 heterocycles. The van der Waals surface area contributed by atoms with Crippen molar-refractivity contribution in [1.29, 1.82) is 5.26 Å². The first-order chi connectivity index (χ1) is 20.0. The van der Waals surface area contributed by atoms with Gasteiger partial charge in [0.25, 0.3) is 0 Å². The van der Waals surface area contributed by atoms with E-state index >= 15 is 0 Å². The summed E-state index contributed by atoms with van der Waals surface area (Å²) in [5.41, 5.74) is 4.39. The van der Waals surface area contributed by atoms with Crippen LogP contribution in [0.4, 0.5) is 5.69 Å². The number of pyridine rings is 1. The lowest BCUT2D eigenvalue weighted by molar-refractivity contribution is -0.124. The van der Waals surface area contributed by atoms with Crippen LogP contribution in [-0.2, 0) is 4.79 Å². The zero-order valence-corrected chi connectivity index (χ0v) is 23.8. The number of carbonyl (C=O) groups excluding carboxylic acids is 1. The minimum absolute atomic E-state index is 0.0519. The van der Waals surface area contributed by atoms with E-state index in [0.717, 1.165) is 61.0 Å². The van der Waals surface area contributed by atoms with E-state index in [4.69, 9.17) is 4.74 Å². The molecule has 3 aliphatic rings. The van der Waals surface area contributed by atoms with Crippen LogP contribution in [0.1, 0.15) is 87.6 Å². The third kappa shape index (κ3) is 6.15. The summed E-state index contributed by atoms with van der Waals surface area (Å²) in [5.74, 6) is 1.33. The maximum absolute atomic E-state index is 14.0. The van der Waals surface area contributed by atoms with Gasteiger partial charge in [-0.3, -0.25) is 9.48 Å². The third-order valence-electron chi connectivity index (χ3n) is 9.24. The lowest BCUT2D eigenvalue weighted by atomic mass is 9.79. The zero-order valence-electron chi connectivity index (χ0n) is 23.8. The smallest absolute Gasteiger partial charge is 0.230 e. The van der Waals surface area contributed by atoms with Crippen molar-refractivity contribution >= 4 is 11.6 Å². The molecule has 8 nitrogen and oxygen atoms in total. The SMILES string of the molecule is COc1ccc(C2CCC(CN(C(=O)C3CCC(O)CC3)c3cccc(-c4cnn(C5CC5)c4)c3)CC2)nc1C#N. The number of nitrogens with zero attached hydrogens (tertiary/aromatic N) is 5. The van der Waals surface area contributed by atoms with Crippen molar-refractivity contribution in [2.24, 2.45) is 11.8 Å². The van der Waals surface area contributed by atoms with Gasteiger partial charge in [-0.25, -0.2) is 4.98 Å². The van der Waals surface area contributed by atoms with Gasteiger partial charge in [-0.1, -0.05) is 12.1 Å². The number of rotatable bonds is 8. The highest BCUT2D eigenvalue weighted by molar-refractivity contribution is 5.95. The highest BCUT2D eigenvalue weighted by Gasteiger charge is 2.33. The number of nitriles is 1. The molecule has 3 fully saturated rings. The van der Waals surface area contributed by atoms with Gasteiger partial charge in [-0.2, -0.15) is 10.4 Å². The van der Waals surface area contributed by atoms with E-state index in [-0.39, 0.29) is 17.9 Å². The fourth-order valence-electron chi connectivity index (χ4n) is 6.58. The van der Waals surface area contributed by atoms with Crippen LogP contribution in [0.3, 0.4) is 0 Å². The Morgan fingerprint density at radius 2 is 1.83 bits per heavy atom. The highest BCUT2D eigenvalue weighted by Crippen LogP contribution is 2.39. The average molecular weight is 554 g/mol. The topological polar surface area (TPSA) is 104 Å². The minimum Gasteiger partial charge on any atom is -0.494 e. The maximum Gasteiger partial charge on any atom is 0.230 e. The molecule has 3 aliphatic carbocycles. The first-order valence-electron chi connectivity index (χ1n) is 15.1. The molecule has 1 aromatic carbocycles. The predicted molar refractivity (Wildman–Crippen MR) is 156 cm³/mol. The molecule has 0 unspecified atom stereocenters. The lowest BCUT2D eigenvalue weighted by Gasteiger charge is -2.35. The molecule has 0 atom stereocenters. The largest absolute Gasteiger partial charge is 0.494 e. The number of amides is 1. The van der Waals surface area contributed by atoms with Crippen LogP contribution in [0, 0.1) is 23.2 Å². The Balaban J connectivity index is 1.19. The van der Waals surface area contributed by atoms with Crippen molar-refractivity contribution in [2.45, 2.75) is 82.3 Å². The van der Waals surface area contributed by atoms with Crippen molar-refractivity contribution in [3.8, 4) is 22.9 Å². The third-order valence-corrected chi connectivity index (χ3v) is 9.24. The number of hydrogen-bond acceptors (Lipinski definition) is 6. The Labute approximate surface area is 242 Å². The summed E-state index contributed by atoms with van der Waals surface area (Å²) in [6.45, 7) is 0.689. The van der Waals surface area contributed by atoms with Crippen molar-refractivity contribution in [3.05, 3.63) is 60.2 Å². The van der Waals surface area contributed by atoms with Crippen molar-refractivity contribution in [2.75, 3.05) is 18.6 Å². The van der Waals surface area contributed by atoms with Gasteiger partial charge in [-0.05, 0) is 100.0 Å². The van der Waals surface area contributed by atoms with Gasteiger partial charge >= 0.3 is 0 Å². The van der Waals surface area contributed by atoms with E-state index in [1.807, 2.05) is 29.3 Å². The Kier molecular flexibility index (Phi) is 8.06. The summed E-state index contributed by atoms with van der Waals surface area (Å²) in [6, 6.07) is 14.8. The molecule has 3 aromatic rings. The van der Waals surface area contributed by atoms with E-state index in [9.17, 15) is 15.2 Å². The number of benzene rings is 1. The summed E-state index contributed by atoms with van der Waals surface area (Å²) in [7, 11) is 1.56. The van der Waals surface area contributed by atoms with E-state index < -0.39 is 0 Å². The van der Waals surface area contributed by atoms with Gasteiger partial charge in [0.1, 0.15) is 6.07 Å². The van der Waals surface area contributed by atoms with Crippen LogP contribution in [0.15, 0.2) is 48.8 Å². The van der Waals surface area contributed by atoms with Crippen LogP contribution < -0.4 is 9.64 Å². The lowest BCUT2D eigenvalue weighted by Crippen LogP contribution is -2.41. The van der Waals surface area contributed by atoms with Gasteiger partial charge in [0.05, 0.1) is 25.5 Å². The molecule has 214 valence electrons. The van der Waals surface area contributed by atoms with Gasteiger partial charge in [-0.15, -0.1) is 0 Å². The Bertz CT molecular complexity index is 1410. The summed E-state index contributed by atoms with van der Waals surface area (Å²) < 4.78 is 7.33. The molecule has 0 saturated heterocycles. The second kappa shape index (κ2) is 12.0. The predicted octanol–water partition coefficient (Wildman–Crippen LogP) is 6.02. The number of aromatic nitrogens is 3. The first-order valence-corrected chi connectivity index (χ1v) is 15.1. The number of hydrogen-bond donors (Lipinski definition) is 1. The zero-order chi connectivity index (χ0) is 28.3. The fraction of sp³-hybridized carbons (Fsp3) is 0.515. The summed E-state index contributed by atoms with van der Waals surface area (Å²) in [5, 5.41) is 24.1. The molecule has 0 spiro atoms. The number of aliphatic hydroxyl groups excluding tert-OH is 1. The minimum atomic E-state index is -0.290. The quantitative estimate of drug-likeness (QED) is 0.366. The molecule has 6 rings (SSSR count). The number of anilines is 1. The van der Waals surface area contributed by atoms with Crippen LogP contribution in [0.2, 0.25) is 0 Å². The number of ether oxygens (including phenoxy) is 1. The molecule has 0 radical (unpaired) electrons. The van der Waals surface area contributed by atoms with E-state index in [1.54, 1.807) is 7.11 Å². The summed E-state index contributed by atoms with van der Waals surface area (Å²) in [6.07, 6.45) is 13.0. The van der Waals surface area contributed by atoms with Crippen LogP contribution in [0.25, 0.3) is 11.1 Å². The molecule has 1 N–H and O–H groups in total. The van der Waals surface area contributed by atoms with Crippen LogP contribution >= 0.6 is 0 Å². The maximum atomic E-state index is 14.0. The second-order valence-corrected chi connectivity index (χ2v) is 12.1. The standard InChI is InChI=1S/C33H39N5O3/c1-41-32-16-15-30(36-31(32)18-34)23-7-5-22(6-8-23)20-37(33(40)24-9-13-29(39)14-10-24)28-4-2-3-25(17-28)26-19-35-38(21-26)27-11-12-27/h2-4,15-17,19,21-24,27,29,39H,5-14,20H2,1H3. The highest BCUT2D eigenvalue weighted by atomic mass is 16.5. The molecular formula is C33H39N5O3. The summed E-state index contributed by atoms with van der Waals surface area (Å²) >= 11 is 0. The first kappa shape index (κ1) is 27.5. The number of carbonyl (C=O) groups is 1. The number of aliphatic hydroxyl groups is 1. The van der Waals surface area contributed by atoms with Crippen LogP contribution in [-0.4, -0.2) is 45.5 Å².